The van der Waals surface area contributed by atoms with Gasteiger partial charge in [0.15, 0.2) is 9.84 Å². The summed E-state index contributed by atoms with van der Waals surface area (Å²) in [5.41, 5.74) is 1.09. The quantitative estimate of drug-likeness (QED) is 0.807. The smallest absolute Gasteiger partial charge is 0.223 e. The highest BCUT2D eigenvalue weighted by Crippen LogP contribution is 2.20. The molecule has 126 valence electrons. The van der Waals surface area contributed by atoms with Gasteiger partial charge in [0, 0.05) is 55.9 Å². The van der Waals surface area contributed by atoms with E-state index in [2.05, 4.69) is 15.3 Å². The lowest BCUT2D eigenvalue weighted by Crippen LogP contribution is -2.48. The predicted molar refractivity (Wildman–Crippen MR) is 89.7 cm³/mol. The van der Waals surface area contributed by atoms with Gasteiger partial charge in [-0.15, -0.1) is 11.3 Å². The zero-order valence-electron chi connectivity index (χ0n) is 13.1. The SMILES string of the molecule is Cc1nc(CN2CCN(C(=O)CC3C=CS(=O)(=O)C3)CC2)cs1. The van der Waals surface area contributed by atoms with Crippen molar-refractivity contribution in [1.29, 1.82) is 0 Å². The Morgan fingerprint density at radius 1 is 1.35 bits per heavy atom. The summed E-state index contributed by atoms with van der Waals surface area (Å²) in [6, 6.07) is 0. The van der Waals surface area contributed by atoms with Crippen molar-refractivity contribution < 1.29 is 13.2 Å². The molecule has 1 aromatic heterocycles. The lowest BCUT2D eigenvalue weighted by atomic mass is 10.1. The van der Waals surface area contributed by atoms with E-state index in [1.54, 1.807) is 17.4 Å². The number of carbonyl (C=O) groups is 1. The zero-order chi connectivity index (χ0) is 16.4. The third-order valence-corrected chi connectivity index (χ3v) is 6.51. The Morgan fingerprint density at radius 2 is 2.09 bits per heavy atom. The summed E-state index contributed by atoms with van der Waals surface area (Å²) in [6.07, 6.45) is 1.94. The van der Waals surface area contributed by atoms with Crippen LogP contribution in [0, 0.1) is 12.8 Å². The van der Waals surface area contributed by atoms with Gasteiger partial charge in [0.1, 0.15) is 0 Å². The third kappa shape index (κ3) is 4.39. The Morgan fingerprint density at radius 3 is 2.65 bits per heavy atom. The normalized spacial score (nSPS) is 24.2. The molecule has 0 spiro atoms. The van der Waals surface area contributed by atoms with E-state index in [0.29, 0.717) is 19.5 Å². The number of nitrogens with zero attached hydrogens (tertiary/aromatic N) is 3. The fourth-order valence-electron chi connectivity index (χ4n) is 2.99. The van der Waals surface area contributed by atoms with E-state index in [-0.39, 0.29) is 17.6 Å². The van der Waals surface area contributed by atoms with Gasteiger partial charge in [-0.2, -0.15) is 0 Å². The Kier molecular flexibility index (Phi) is 4.84. The molecule has 1 fully saturated rings. The largest absolute Gasteiger partial charge is 0.340 e. The van der Waals surface area contributed by atoms with E-state index in [4.69, 9.17) is 0 Å². The zero-order valence-corrected chi connectivity index (χ0v) is 14.8. The van der Waals surface area contributed by atoms with Gasteiger partial charge in [-0.05, 0) is 6.92 Å². The van der Waals surface area contributed by atoms with Gasteiger partial charge >= 0.3 is 0 Å². The van der Waals surface area contributed by atoms with Crippen LogP contribution in [0.1, 0.15) is 17.1 Å². The highest BCUT2D eigenvalue weighted by molar-refractivity contribution is 7.94. The molecular weight excluding hydrogens is 334 g/mol. The average Bonchev–Trinajstić information content (AvgIpc) is 3.05. The number of thiazole rings is 1. The maximum absolute atomic E-state index is 12.3. The molecule has 23 heavy (non-hydrogen) atoms. The number of allylic oxidation sites excluding steroid dienone is 1. The molecule has 1 unspecified atom stereocenters. The summed E-state index contributed by atoms with van der Waals surface area (Å²) in [5, 5.41) is 4.40. The minimum Gasteiger partial charge on any atom is -0.340 e. The van der Waals surface area contributed by atoms with E-state index >= 15 is 0 Å². The van der Waals surface area contributed by atoms with Gasteiger partial charge in [-0.25, -0.2) is 13.4 Å². The molecule has 0 aromatic carbocycles. The fraction of sp³-hybridized carbons (Fsp3) is 0.600. The lowest BCUT2D eigenvalue weighted by Gasteiger charge is -2.34. The van der Waals surface area contributed by atoms with E-state index < -0.39 is 9.84 Å². The van der Waals surface area contributed by atoms with Crippen molar-refractivity contribution in [3.8, 4) is 0 Å². The summed E-state index contributed by atoms with van der Waals surface area (Å²) < 4.78 is 22.8. The highest BCUT2D eigenvalue weighted by Gasteiger charge is 2.27. The molecule has 0 saturated carbocycles. The molecule has 1 saturated heterocycles. The van der Waals surface area contributed by atoms with Crippen LogP contribution in [0.4, 0.5) is 0 Å². The van der Waals surface area contributed by atoms with Gasteiger partial charge in [0.2, 0.25) is 5.91 Å². The van der Waals surface area contributed by atoms with Crippen LogP contribution in [0.3, 0.4) is 0 Å². The van der Waals surface area contributed by atoms with Crippen molar-refractivity contribution in [2.45, 2.75) is 19.9 Å². The third-order valence-electron chi connectivity index (χ3n) is 4.22. The van der Waals surface area contributed by atoms with E-state index in [1.165, 1.54) is 5.41 Å². The molecule has 3 heterocycles. The summed E-state index contributed by atoms with van der Waals surface area (Å²) in [4.78, 5) is 20.9. The van der Waals surface area contributed by atoms with Crippen molar-refractivity contribution >= 4 is 27.1 Å². The minimum atomic E-state index is -3.08. The molecule has 3 rings (SSSR count). The van der Waals surface area contributed by atoms with Crippen LogP contribution < -0.4 is 0 Å². The van der Waals surface area contributed by atoms with Crippen molar-refractivity contribution in [1.82, 2.24) is 14.8 Å². The molecule has 1 atom stereocenters. The Labute approximate surface area is 140 Å². The van der Waals surface area contributed by atoms with Gasteiger partial charge in [-0.1, -0.05) is 6.08 Å². The van der Waals surface area contributed by atoms with Crippen LogP contribution in [-0.4, -0.2) is 61.0 Å². The Hall–Kier alpha value is -1.25. The second-order valence-electron chi connectivity index (χ2n) is 6.14. The number of aromatic nitrogens is 1. The second-order valence-corrected chi connectivity index (χ2v) is 9.13. The topological polar surface area (TPSA) is 70.6 Å². The van der Waals surface area contributed by atoms with Crippen molar-refractivity contribution in [3.05, 3.63) is 27.6 Å². The first-order valence-corrected chi connectivity index (χ1v) is 10.3. The summed E-state index contributed by atoms with van der Waals surface area (Å²) in [6.45, 7) is 5.90. The fourth-order valence-corrected chi connectivity index (χ4v) is 4.99. The second kappa shape index (κ2) is 6.70. The van der Waals surface area contributed by atoms with E-state index in [9.17, 15) is 13.2 Å². The molecule has 6 nitrogen and oxygen atoms in total. The molecule has 0 radical (unpaired) electrons. The van der Waals surface area contributed by atoms with Crippen LogP contribution in [0.25, 0.3) is 0 Å². The van der Waals surface area contributed by atoms with Crippen molar-refractivity contribution in [2.24, 2.45) is 5.92 Å². The lowest BCUT2D eigenvalue weighted by molar-refractivity contribution is -0.133. The number of sulfone groups is 1. The summed E-state index contributed by atoms with van der Waals surface area (Å²) in [5.74, 6) is -0.0357. The number of aryl methyl sites for hydroxylation is 1. The van der Waals surface area contributed by atoms with Gasteiger partial charge < -0.3 is 4.90 Å². The summed E-state index contributed by atoms with van der Waals surface area (Å²) in [7, 11) is -3.08. The molecule has 0 N–H and O–H groups in total. The Bertz CT molecular complexity index is 703. The number of rotatable bonds is 4. The molecular formula is C15H21N3O3S2. The summed E-state index contributed by atoms with van der Waals surface area (Å²) >= 11 is 1.66. The standard InChI is InChI=1S/C15H21N3O3S2/c1-12-16-14(10-22-12)9-17-3-5-18(6-4-17)15(19)8-13-2-7-23(20,21)11-13/h2,7,10,13H,3-6,8-9,11H2,1H3. The molecule has 8 heteroatoms. The number of piperazine rings is 1. The maximum atomic E-state index is 12.3. The maximum Gasteiger partial charge on any atom is 0.223 e. The molecule has 2 aliphatic heterocycles. The number of hydrogen-bond acceptors (Lipinski definition) is 6. The molecule has 2 aliphatic rings. The average molecular weight is 355 g/mol. The van der Waals surface area contributed by atoms with Gasteiger partial charge in [-0.3, -0.25) is 9.69 Å². The minimum absolute atomic E-state index is 0.0564. The van der Waals surface area contributed by atoms with Crippen LogP contribution >= 0.6 is 11.3 Å². The van der Waals surface area contributed by atoms with Crippen molar-refractivity contribution in [3.63, 3.8) is 0 Å². The number of amides is 1. The van der Waals surface area contributed by atoms with Crippen LogP contribution in [0.15, 0.2) is 16.9 Å². The molecule has 1 aromatic rings. The van der Waals surface area contributed by atoms with Gasteiger partial charge in [0.05, 0.1) is 16.5 Å². The first-order chi connectivity index (χ1) is 10.9. The first-order valence-electron chi connectivity index (χ1n) is 7.73. The first kappa shape index (κ1) is 16.6. The molecule has 1 amide bonds. The van der Waals surface area contributed by atoms with Crippen LogP contribution in [0.2, 0.25) is 0 Å². The molecule has 0 aliphatic carbocycles. The van der Waals surface area contributed by atoms with Crippen LogP contribution in [0.5, 0.6) is 0 Å². The number of hydrogen-bond donors (Lipinski definition) is 0. The highest BCUT2D eigenvalue weighted by atomic mass is 32.2. The number of carbonyl (C=O) groups excluding carboxylic acids is 1. The Balaban J connectivity index is 1.45. The predicted octanol–water partition coefficient (Wildman–Crippen LogP) is 1.04. The van der Waals surface area contributed by atoms with Crippen LogP contribution in [-0.2, 0) is 21.2 Å². The van der Waals surface area contributed by atoms with Gasteiger partial charge in [0.25, 0.3) is 0 Å². The van der Waals surface area contributed by atoms with E-state index in [1.807, 2.05) is 11.8 Å². The van der Waals surface area contributed by atoms with E-state index in [0.717, 1.165) is 30.3 Å². The molecule has 0 bridgehead atoms. The van der Waals surface area contributed by atoms with Crippen molar-refractivity contribution in [2.75, 3.05) is 31.9 Å². The monoisotopic (exact) mass is 355 g/mol.